The summed E-state index contributed by atoms with van der Waals surface area (Å²) in [6, 6.07) is 16.3. The molecule has 0 atom stereocenters. The summed E-state index contributed by atoms with van der Waals surface area (Å²) in [6.07, 6.45) is 2.83. The molecule has 27 heavy (non-hydrogen) atoms. The molecular formula is C22H27N3OS. The third-order valence-electron chi connectivity index (χ3n) is 5.01. The lowest BCUT2D eigenvalue weighted by molar-refractivity contribution is 0.0922. The number of hydrogen-bond donors (Lipinski definition) is 2. The number of anilines is 1. The molecule has 2 N–H and O–H groups in total. The van der Waals surface area contributed by atoms with Crippen molar-refractivity contribution in [2.24, 2.45) is 0 Å². The molecule has 0 bridgehead atoms. The summed E-state index contributed by atoms with van der Waals surface area (Å²) in [5.41, 5.74) is 4.16. The van der Waals surface area contributed by atoms with Crippen molar-refractivity contribution >= 4 is 28.9 Å². The van der Waals surface area contributed by atoms with Crippen LogP contribution in [0.3, 0.4) is 0 Å². The Kier molecular flexibility index (Phi) is 6.45. The van der Waals surface area contributed by atoms with Gasteiger partial charge in [0.15, 0.2) is 5.11 Å². The van der Waals surface area contributed by atoms with Crippen molar-refractivity contribution in [3.8, 4) is 0 Å². The second kappa shape index (κ2) is 9.00. The van der Waals surface area contributed by atoms with Crippen LogP contribution in [0.2, 0.25) is 0 Å². The molecule has 0 unspecified atom stereocenters. The molecule has 1 aliphatic heterocycles. The number of piperidine rings is 1. The Morgan fingerprint density at radius 1 is 1.15 bits per heavy atom. The summed E-state index contributed by atoms with van der Waals surface area (Å²) < 4.78 is 0. The van der Waals surface area contributed by atoms with E-state index in [0.29, 0.717) is 0 Å². The van der Waals surface area contributed by atoms with Gasteiger partial charge in [-0.25, -0.2) is 0 Å². The predicted molar refractivity (Wildman–Crippen MR) is 115 cm³/mol. The first-order valence-corrected chi connectivity index (χ1v) is 9.98. The van der Waals surface area contributed by atoms with Crippen molar-refractivity contribution in [2.45, 2.75) is 39.2 Å². The van der Waals surface area contributed by atoms with Crippen molar-refractivity contribution in [2.75, 3.05) is 18.4 Å². The van der Waals surface area contributed by atoms with Gasteiger partial charge in [-0.1, -0.05) is 36.8 Å². The SMILES string of the molecule is CCc1ccc(NC(=S)N2CCC(NC(=O)c3cccc(C)c3)CC2)cc1. The summed E-state index contributed by atoms with van der Waals surface area (Å²) in [6.45, 7) is 5.84. The highest BCUT2D eigenvalue weighted by molar-refractivity contribution is 7.80. The van der Waals surface area contributed by atoms with Crippen LogP contribution in [-0.2, 0) is 6.42 Å². The van der Waals surface area contributed by atoms with E-state index in [0.717, 1.165) is 54.3 Å². The third kappa shape index (κ3) is 5.30. The minimum absolute atomic E-state index is 0.00821. The quantitative estimate of drug-likeness (QED) is 0.781. The number of hydrogen-bond acceptors (Lipinski definition) is 2. The van der Waals surface area contributed by atoms with Gasteiger partial charge in [0.05, 0.1) is 0 Å². The summed E-state index contributed by atoms with van der Waals surface area (Å²) in [7, 11) is 0. The minimum atomic E-state index is 0.00821. The van der Waals surface area contributed by atoms with Gasteiger partial charge in [-0.2, -0.15) is 0 Å². The minimum Gasteiger partial charge on any atom is -0.349 e. The first kappa shape index (κ1) is 19.4. The van der Waals surface area contributed by atoms with Gasteiger partial charge >= 0.3 is 0 Å². The standard InChI is InChI=1S/C22H27N3OS/c1-3-17-7-9-19(10-8-17)24-22(27)25-13-11-20(12-14-25)23-21(26)18-6-4-5-16(2)15-18/h4-10,15,20H,3,11-14H2,1-2H3,(H,23,26)(H,24,27). The topological polar surface area (TPSA) is 44.4 Å². The van der Waals surface area contributed by atoms with Crippen LogP contribution in [0.1, 0.15) is 41.3 Å². The van der Waals surface area contributed by atoms with E-state index in [1.165, 1.54) is 5.56 Å². The Bertz CT molecular complexity index is 795. The van der Waals surface area contributed by atoms with Gasteiger partial charge in [-0.15, -0.1) is 0 Å². The molecule has 1 amide bonds. The molecule has 142 valence electrons. The molecule has 0 aromatic heterocycles. The fourth-order valence-corrected chi connectivity index (χ4v) is 3.61. The lowest BCUT2D eigenvalue weighted by Gasteiger charge is -2.34. The number of aryl methyl sites for hydroxylation is 2. The number of rotatable bonds is 4. The molecule has 0 aliphatic carbocycles. The maximum Gasteiger partial charge on any atom is 0.251 e. The molecule has 2 aromatic carbocycles. The highest BCUT2D eigenvalue weighted by Crippen LogP contribution is 2.15. The van der Waals surface area contributed by atoms with E-state index in [1.54, 1.807) is 0 Å². The lowest BCUT2D eigenvalue weighted by Crippen LogP contribution is -2.47. The summed E-state index contributed by atoms with van der Waals surface area (Å²) in [5.74, 6) is 0.00821. The average molecular weight is 382 g/mol. The number of thiocarbonyl (C=S) groups is 1. The van der Waals surface area contributed by atoms with E-state index < -0.39 is 0 Å². The first-order valence-electron chi connectivity index (χ1n) is 9.57. The fourth-order valence-electron chi connectivity index (χ4n) is 3.31. The monoisotopic (exact) mass is 381 g/mol. The van der Waals surface area contributed by atoms with Crippen LogP contribution >= 0.6 is 12.2 Å². The molecular weight excluding hydrogens is 354 g/mol. The number of likely N-dealkylation sites (tertiary alicyclic amines) is 1. The van der Waals surface area contributed by atoms with E-state index in [1.807, 2.05) is 31.2 Å². The van der Waals surface area contributed by atoms with Crippen molar-refractivity contribution < 1.29 is 4.79 Å². The maximum absolute atomic E-state index is 12.4. The highest BCUT2D eigenvalue weighted by atomic mass is 32.1. The molecule has 0 spiro atoms. The summed E-state index contributed by atoms with van der Waals surface area (Å²) >= 11 is 5.56. The normalized spacial score (nSPS) is 14.7. The summed E-state index contributed by atoms with van der Waals surface area (Å²) in [5, 5.41) is 7.23. The Labute approximate surface area is 167 Å². The number of carbonyl (C=O) groups excluding carboxylic acids is 1. The fraction of sp³-hybridized carbons (Fsp3) is 0.364. The van der Waals surface area contributed by atoms with Crippen LogP contribution < -0.4 is 10.6 Å². The van der Waals surface area contributed by atoms with Crippen molar-refractivity contribution in [1.29, 1.82) is 0 Å². The molecule has 1 aliphatic rings. The van der Waals surface area contributed by atoms with Crippen molar-refractivity contribution in [1.82, 2.24) is 10.2 Å². The summed E-state index contributed by atoms with van der Waals surface area (Å²) in [4.78, 5) is 14.6. The van der Waals surface area contributed by atoms with E-state index in [9.17, 15) is 4.79 Å². The molecule has 2 aromatic rings. The van der Waals surface area contributed by atoms with Gasteiger partial charge in [0, 0.05) is 30.4 Å². The lowest BCUT2D eigenvalue weighted by atomic mass is 10.0. The Hall–Kier alpha value is -2.40. The van der Waals surface area contributed by atoms with Crippen molar-refractivity contribution in [3.05, 3.63) is 65.2 Å². The van der Waals surface area contributed by atoms with Gasteiger partial charge in [0.25, 0.3) is 5.91 Å². The number of nitrogens with one attached hydrogen (secondary N) is 2. The van der Waals surface area contributed by atoms with Crippen LogP contribution in [0.5, 0.6) is 0 Å². The molecule has 4 nitrogen and oxygen atoms in total. The van der Waals surface area contributed by atoms with E-state index in [-0.39, 0.29) is 11.9 Å². The Morgan fingerprint density at radius 2 is 1.85 bits per heavy atom. The zero-order valence-electron chi connectivity index (χ0n) is 16.0. The number of benzene rings is 2. The Balaban J connectivity index is 1.47. The smallest absolute Gasteiger partial charge is 0.251 e. The van der Waals surface area contributed by atoms with Gasteiger partial charge in [0.1, 0.15) is 0 Å². The zero-order valence-corrected chi connectivity index (χ0v) is 16.8. The number of nitrogens with zero attached hydrogens (tertiary/aromatic N) is 1. The van der Waals surface area contributed by atoms with E-state index in [4.69, 9.17) is 12.2 Å². The van der Waals surface area contributed by atoms with E-state index >= 15 is 0 Å². The molecule has 0 saturated carbocycles. The van der Waals surface area contributed by atoms with Crippen LogP contribution in [0, 0.1) is 6.92 Å². The van der Waals surface area contributed by atoms with Crippen LogP contribution in [0.25, 0.3) is 0 Å². The first-order chi connectivity index (χ1) is 13.0. The zero-order chi connectivity index (χ0) is 19.2. The average Bonchev–Trinajstić information content (AvgIpc) is 2.69. The van der Waals surface area contributed by atoms with Gasteiger partial charge < -0.3 is 15.5 Å². The highest BCUT2D eigenvalue weighted by Gasteiger charge is 2.22. The predicted octanol–water partition coefficient (Wildman–Crippen LogP) is 4.15. The van der Waals surface area contributed by atoms with E-state index in [2.05, 4.69) is 46.7 Å². The maximum atomic E-state index is 12.4. The molecule has 1 fully saturated rings. The van der Waals surface area contributed by atoms with Crippen LogP contribution in [0.15, 0.2) is 48.5 Å². The molecule has 5 heteroatoms. The van der Waals surface area contributed by atoms with Crippen LogP contribution in [-0.4, -0.2) is 35.1 Å². The Morgan fingerprint density at radius 3 is 2.48 bits per heavy atom. The number of carbonyl (C=O) groups is 1. The number of amides is 1. The molecule has 1 heterocycles. The third-order valence-corrected chi connectivity index (χ3v) is 5.37. The van der Waals surface area contributed by atoms with Crippen LogP contribution in [0.4, 0.5) is 5.69 Å². The molecule has 1 saturated heterocycles. The van der Waals surface area contributed by atoms with Crippen molar-refractivity contribution in [3.63, 3.8) is 0 Å². The second-order valence-electron chi connectivity index (χ2n) is 7.08. The second-order valence-corrected chi connectivity index (χ2v) is 7.47. The largest absolute Gasteiger partial charge is 0.349 e. The van der Waals surface area contributed by atoms with Gasteiger partial charge in [0.2, 0.25) is 0 Å². The molecule has 0 radical (unpaired) electrons. The van der Waals surface area contributed by atoms with Gasteiger partial charge in [-0.3, -0.25) is 4.79 Å². The van der Waals surface area contributed by atoms with Gasteiger partial charge in [-0.05, 0) is 68.2 Å². The molecule has 3 rings (SSSR count).